The quantitative estimate of drug-likeness (QED) is 0.600. The number of anilines is 1. The second kappa shape index (κ2) is 8.57. The third-order valence-corrected chi connectivity index (χ3v) is 5.74. The van der Waals surface area contributed by atoms with Gasteiger partial charge in [0.15, 0.2) is 0 Å². The highest BCUT2D eigenvalue weighted by atomic mass is 127. The standard InChI is InChI=1S/C16H15Cl2IN2O3S/c1-25(23,24)21(14-6-4-13(19)5-7-14)10-16(22)20-9-11-2-3-12(17)8-15(11)18/h2-8H,9-10H2,1H3,(H,20,22). The summed E-state index contributed by atoms with van der Waals surface area (Å²) in [5, 5.41) is 3.61. The maximum atomic E-state index is 12.2. The number of carbonyl (C=O) groups is 1. The van der Waals surface area contributed by atoms with Gasteiger partial charge in [0.1, 0.15) is 6.54 Å². The van der Waals surface area contributed by atoms with E-state index >= 15 is 0 Å². The molecule has 0 aliphatic rings. The van der Waals surface area contributed by atoms with Crippen molar-refractivity contribution in [2.75, 3.05) is 17.1 Å². The first-order valence-electron chi connectivity index (χ1n) is 7.11. The summed E-state index contributed by atoms with van der Waals surface area (Å²) in [6, 6.07) is 11.8. The molecule has 0 atom stereocenters. The number of hydrogen-bond donors (Lipinski definition) is 1. The lowest BCUT2D eigenvalue weighted by Gasteiger charge is -2.22. The second-order valence-corrected chi connectivity index (χ2v) is 9.25. The first-order chi connectivity index (χ1) is 11.7. The summed E-state index contributed by atoms with van der Waals surface area (Å²) in [5.74, 6) is -0.435. The van der Waals surface area contributed by atoms with Crippen molar-refractivity contribution in [1.82, 2.24) is 5.32 Å². The van der Waals surface area contributed by atoms with Crippen LogP contribution in [0.2, 0.25) is 10.0 Å². The molecule has 0 fully saturated rings. The smallest absolute Gasteiger partial charge is 0.241 e. The SMILES string of the molecule is CS(=O)(=O)N(CC(=O)NCc1ccc(Cl)cc1Cl)c1ccc(I)cc1. The van der Waals surface area contributed by atoms with E-state index in [-0.39, 0.29) is 13.1 Å². The number of nitrogens with zero attached hydrogens (tertiary/aromatic N) is 1. The Morgan fingerprint density at radius 1 is 1.16 bits per heavy atom. The van der Waals surface area contributed by atoms with Crippen molar-refractivity contribution >= 4 is 67.4 Å². The molecule has 0 bridgehead atoms. The third-order valence-electron chi connectivity index (χ3n) is 3.29. The van der Waals surface area contributed by atoms with E-state index in [1.165, 1.54) is 0 Å². The van der Waals surface area contributed by atoms with Crippen molar-refractivity contribution in [1.29, 1.82) is 0 Å². The number of benzene rings is 2. The van der Waals surface area contributed by atoms with Gasteiger partial charge in [0.2, 0.25) is 15.9 Å². The zero-order chi connectivity index (χ0) is 18.6. The van der Waals surface area contributed by atoms with Crippen molar-refractivity contribution < 1.29 is 13.2 Å². The Balaban J connectivity index is 2.08. The normalized spacial score (nSPS) is 11.2. The van der Waals surface area contributed by atoms with E-state index in [4.69, 9.17) is 23.2 Å². The van der Waals surface area contributed by atoms with Gasteiger partial charge in [-0.3, -0.25) is 9.10 Å². The number of rotatable bonds is 6. The average Bonchev–Trinajstić information content (AvgIpc) is 2.52. The summed E-state index contributed by atoms with van der Waals surface area (Å²) in [7, 11) is -3.60. The monoisotopic (exact) mass is 512 g/mol. The largest absolute Gasteiger partial charge is 0.350 e. The Morgan fingerprint density at radius 3 is 2.36 bits per heavy atom. The fourth-order valence-corrected chi connectivity index (χ4v) is 3.74. The molecule has 0 aromatic heterocycles. The van der Waals surface area contributed by atoms with Crippen LogP contribution in [0.5, 0.6) is 0 Å². The van der Waals surface area contributed by atoms with Crippen LogP contribution in [-0.2, 0) is 21.4 Å². The fraction of sp³-hybridized carbons (Fsp3) is 0.188. The molecule has 0 heterocycles. The number of sulfonamides is 1. The third kappa shape index (κ3) is 6.02. The lowest BCUT2D eigenvalue weighted by atomic mass is 10.2. The summed E-state index contributed by atoms with van der Waals surface area (Å²) in [6.07, 6.45) is 1.06. The number of carbonyl (C=O) groups excluding carboxylic acids is 1. The summed E-state index contributed by atoms with van der Waals surface area (Å²) in [6.45, 7) is -0.135. The van der Waals surface area contributed by atoms with Gasteiger partial charge in [0, 0.05) is 20.2 Å². The molecule has 2 rings (SSSR count). The molecule has 0 aliphatic carbocycles. The number of hydrogen-bond acceptors (Lipinski definition) is 3. The van der Waals surface area contributed by atoms with E-state index in [0.717, 1.165) is 14.1 Å². The highest BCUT2D eigenvalue weighted by Crippen LogP contribution is 2.21. The lowest BCUT2D eigenvalue weighted by Crippen LogP contribution is -2.40. The molecule has 0 aliphatic heterocycles. The van der Waals surface area contributed by atoms with Gasteiger partial charge in [0.05, 0.1) is 11.9 Å². The lowest BCUT2D eigenvalue weighted by molar-refractivity contribution is -0.119. The molecule has 9 heteroatoms. The maximum Gasteiger partial charge on any atom is 0.241 e. The van der Waals surface area contributed by atoms with Crippen LogP contribution < -0.4 is 9.62 Å². The Bertz CT molecular complexity index is 873. The van der Waals surface area contributed by atoms with Gasteiger partial charge in [-0.1, -0.05) is 29.3 Å². The Labute approximate surface area is 170 Å². The minimum atomic E-state index is -3.60. The molecule has 2 aromatic rings. The van der Waals surface area contributed by atoms with Gasteiger partial charge in [-0.05, 0) is 64.6 Å². The van der Waals surface area contributed by atoms with Gasteiger partial charge in [-0.2, -0.15) is 0 Å². The Morgan fingerprint density at radius 2 is 1.80 bits per heavy atom. The average molecular weight is 513 g/mol. The summed E-state index contributed by atoms with van der Waals surface area (Å²) >= 11 is 14.0. The minimum Gasteiger partial charge on any atom is -0.350 e. The molecule has 1 amide bonds. The van der Waals surface area contributed by atoms with Crippen molar-refractivity contribution in [3.05, 3.63) is 61.6 Å². The highest BCUT2D eigenvalue weighted by Gasteiger charge is 2.20. The van der Waals surface area contributed by atoms with Crippen LogP contribution in [0.1, 0.15) is 5.56 Å². The van der Waals surface area contributed by atoms with E-state index in [2.05, 4.69) is 27.9 Å². The van der Waals surface area contributed by atoms with Crippen LogP contribution in [0.25, 0.3) is 0 Å². The summed E-state index contributed by atoms with van der Waals surface area (Å²) < 4.78 is 26.1. The molecule has 134 valence electrons. The minimum absolute atomic E-state index is 0.180. The summed E-state index contributed by atoms with van der Waals surface area (Å²) in [4.78, 5) is 12.2. The molecule has 0 spiro atoms. The topological polar surface area (TPSA) is 66.5 Å². The van der Waals surface area contributed by atoms with E-state index in [1.54, 1.807) is 42.5 Å². The van der Waals surface area contributed by atoms with Gasteiger partial charge in [-0.15, -0.1) is 0 Å². The molecule has 0 radical (unpaired) electrons. The van der Waals surface area contributed by atoms with Gasteiger partial charge >= 0.3 is 0 Å². The molecular formula is C16H15Cl2IN2O3S. The van der Waals surface area contributed by atoms with Crippen molar-refractivity contribution in [2.45, 2.75) is 6.54 Å². The van der Waals surface area contributed by atoms with Gasteiger partial charge < -0.3 is 5.32 Å². The first kappa shape index (κ1) is 20.3. The molecule has 0 unspecified atom stereocenters. The van der Waals surface area contributed by atoms with Crippen LogP contribution in [-0.4, -0.2) is 27.1 Å². The van der Waals surface area contributed by atoms with Crippen LogP contribution in [0.3, 0.4) is 0 Å². The number of nitrogens with one attached hydrogen (secondary N) is 1. The van der Waals surface area contributed by atoms with Crippen LogP contribution in [0.15, 0.2) is 42.5 Å². The second-order valence-electron chi connectivity index (χ2n) is 5.26. The predicted octanol–water partition coefficient (Wildman–Crippen LogP) is 3.68. The van der Waals surface area contributed by atoms with E-state index < -0.39 is 15.9 Å². The van der Waals surface area contributed by atoms with Crippen LogP contribution in [0, 0.1) is 3.57 Å². The summed E-state index contributed by atoms with van der Waals surface area (Å²) in [5.41, 5.74) is 1.13. The zero-order valence-electron chi connectivity index (χ0n) is 13.2. The van der Waals surface area contributed by atoms with Gasteiger partial charge in [-0.25, -0.2) is 8.42 Å². The molecule has 0 saturated heterocycles. The molecule has 0 saturated carbocycles. The first-order valence-corrected chi connectivity index (χ1v) is 10.8. The molecule has 5 nitrogen and oxygen atoms in total. The van der Waals surface area contributed by atoms with Crippen LogP contribution >= 0.6 is 45.8 Å². The Kier molecular flexibility index (Phi) is 6.95. The number of halogens is 3. The van der Waals surface area contributed by atoms with E-state index in [1.807, 2.05) is 0 Å². The molecular weight excluding hydrogens is 498 g/mol. The zero-order valence-corrected chi connectivity index (χ0v) is 17.7. The highest BCUT2D eigenvalue weighted by molar-refractivity contribution is 14.1. The number of amides is 1. The Hall–Kier alpha value is -1.03. The maximum absolute atomic E-state index is 12.2. The molecule has 25 heavy (non-hydrogen) atoms. The molecule has 2 aromatic carbocycles. The fourth-order valence-electron chi connectivity index (χ4n) is 2.05. The van der Waals surface area contributed by atoms with E-state index in [0.29, 0.717) is 21.3 Å². The predicted molar refractivity (Wildman–Crippen MR) is 110 cm³/mol. The van der Waals surface area contributed by atoms with Crippen molar-refractivity contribution in [2.24, 2.45) is 0 Å². The van der Waals surface area contributed by atoms with Gasteiger partial charge in [0.25, 0.3) is 0 Å². The molecule has 1 N–H and O–H groups in total. The van der Waals surface area contributed by atoms with Crippen molar-refractivity contribution in [3.63, 3.8) is 0 Å². The van der Waals surface area contributed by atoms with E-state index in [9.17, 15) is 13.2 Å². The van der Waals surface area contributed by atoms with Crippen molar-refractivity contribution in [3.8, 4) is 0 Å². The van der Waals surface area contributed by atoms with Crippen LogP contribution in [0.4, 0.5) is 5.69 Å².